The second-order valence-corrected chi connectivity index (χ2v) is 7.90. The summed E-state index contributed by atoms with van der Waals surface area (Å²) in [7, 11) is 1.81. The van der Waals surface area contributed by atoms with Gasteiger partial charge in [-0.15, -0.1) is 0 Å². The van der Waals surface area contributed by atoms with E-state index in [9.17, 15) is 9.90 Å². The fraction of sp³-hybridized carbons (Fsp3) is 0.500. The molecule has 1 aromatic heterocycles. The van der Waals surface area contributed by atoms with Gasteiger partial charge in [0.1, 0.15) is 4.88 Å². The Kier molecular flexibility index (Phi) is 6.27. The minimum absolute atomic E-state index is 0.0683. The molecule has 2 N–H and O–H groups in total. The van der Waals surface area contributed by atoms with Crippen LogP contribution < -0.4 is 5.32 Å². The number of hydrogen-bond acceptors (Lipinski definition) is 5. The topological polar surface area (TPSA) is 65.5 Å². The number of rotatable bonds is 6. The maximum Gasteiger partial charge on any atom is 0.265 e. The fourth-order valence-electron chi connectivity index (χ4n) is 3.53. The van der Waals surface area contributed by atoms with Gasteiger partial charge in [0.15, 0.2) is 5.13 Å². The molecule has 3 rings (SSSR count). The predicted octanol–water partition coefficient (Wildman–Crippen LogP) is 3.34. The molecule has 1 saturated heterocycles. The van der Waals surface area contributed by atoms with Crippen LogP contribution in [0.2, 0.25) is 0 Å². The Balaban J connectivity index is 1.50. The van der Waals surface area contributed by atoms with E-state index in [1.807, 2.05) is 37.1 Å². The summed E-state index contributed by atoms with van der Waals surface area (Å²) < 4.78 is 0. The van der Waals surface area contributed by atoms with Crippen molar-refractivity contribution in [2.75, 3.05) is 25.5 Å². The highest BCUT2D eigenvalue weighted by atomic mass is 32.1. The second kappa shape index (κ2) is 8.64. The molecule has 0 spiro atoms. The van der Waals surface area contributed by atoms with Gasteiger partial charge in [-0.05, 0) is 44.1 Å². The van der Waals surface area contributed by atoms with Crippen molar-refractivity contribution in [1.82, 2.24) is 9.88 Å². The molecular formula is C20H27N3O2S. The molecule has 1 atom stereocenters. The van der Waals surface area contributed by atoms with Crippen molar-refractivity contribution in [1.29, 1.82) is 0 Å². The third kappa shape index (κ3) is 4.43. The first-order chi connectivity index (χ1) is 12.6. The lowest BCUT2D eigenvalue weighted by molar-refractivity contribution is 0.0439. The molecule has 0 radical (unpaired) electrons. The molecule has 6 heteroatoms. The van der Waals surface area contributed by atoms with Crippen LogP contribution in [0.5, 0.6) is 0 Å². The van der Waals surface area contributed by atoms with Crippen LogP contribution in [0.1, 0.15) is 40.2 Å². The van der Waals surface area contributed by atoms with E-state index in [4.69, 9.17) is 0 Å². The maximum atomic E-state index is 12.7. The number of nitrogens with one attached hydrogen (secondary N) is 1. The standard InChI is InChI=1S/C20H27N3O2S/c1-14-18(26-20(21-2)22-14)19(25)23-12-10-16(11-13-23)17(24)9-8-15-6-4-3-5-7-15/h3-7,16-17,24H,8-13H2,1-2H3,(H,21,22)/t17-/m1/s1. The van der Waals surface area contributed by atoms with Crippen LogP contribution in [0.4, 0.5) is 5.13 Å². The number of piperidine rings is 1. The van der Waals surface area contributed by atoms with Gasteiger partial charge in [0.2, 0.25) is 0 Å². The molecule has 1 amide bonds. The van der Waals surface area contributed by atoms with E-state index < -0.39 is 0 Å². The van der Waals surface area contributed by atoms with Crippen molar-refractivity contribution in [2.45, 2.75) is 38.7 Å². The van der Waals surface area contributed by atoms with Gasteiger partial charge in [0.05, 0.1) is 11.8 Å². The Bertz CT molecular complexity index is 724. The number of likely N-dealkylation sites (tertiary alicyclic amines) is 1. The average molecular weight is 374 g/mol. The molecule has 1 aliphatic rings. The van der Waals surface area contributed by atoms with Crippen LogP contribution in [0.25, 0.3) is 0 Å². The molecule has 0 unspecified atom stereocenters. The highest BCUT2D eigenvalue weighted by molar-refractivity contribution is 7.17. The van der Waals surface area contributed by atoms with Gasteiger partial charge in [-0.1, -0.05) is 41.7 Å². The van der Waals surface area contributed by atoms with E-state index in [1.165, 1.54) is 16.9 Å². The zero-order valence-electron chi connectivity index (χ0n) is 15.4. The highest BCUT2D eigenvalue weighted by Crippen LogP contribution is 2.28. The van der Waals surface area contributed by atoms with Crippen molar-refractivity contribution in [3.8, 4) is 0 Å². The second-order valence-electron chi connectivity index (χ2n) is 6.90. The lowest BCUT2D eigenvalue weighted by atomic mass is 9.88. The van der Waals surface area contributed by atoms with E-state index >= 15 is 0 Å². The summed E-state index contributed by atoms with van der Waals surface area (Å²) in [4.78, 5) is 19.7. The molecule has 2 heterocycles. The first-order valence-electron chi connectivity index (χ1n) is 9.25. The van der Waals surface area contributed by atoms with Crippen LogP contribution >= 0.6 is 11.3 Å². The van der Waals surface area contributed by atoms with Crippen LogP contribution in [-0.2, 0) is 6.42 Å². The Morgan fingerprint density at radius 1 is 1.35 bits per heavy atom. The molecule has 5 nitrogen and oxygen atoms in total. The van der Waals surface area contributed by atoms with E-state index in [1.54, 1.807) is 0 Å². The number of aryl methyl sites for hydroxylation is 2. The smallest absolute Gasteiger partial charge is 0.265 e. The molecule has 26 heavy (non-hydrogen) atoms. The minimum Gasteiger partial charge on any atom is -0.393 e. The zero-order valence-corrected chi connectivity index (χ0v) is 16.3. The summed E-state index contributed by atoms with van der Waals surface area (Å²) in [5, 5.41) is 14.3. The molecule has 0 bridgehead atoms. The Morgan fingerprint density at radius 3 is 2.65 bits per heavy atom. The number of carbonyl (C=O) groups excluding carboxylic acids is 1. The third-order valence-electron chi connectivity index (χ3n) is 5.15. The number of benzene rings is 1. The van der Waals surface area contributed by atoms with Crippen LogP contribution in [0.3, 0.4) is 0 Å². The molecule has 2 aromatic rings. The SMILES string of the molecule is CNc1nc(C)c(C(=O)N2CCC([C@H](O)CCc3ccccc3)CC2)s1. The summed E-state index contributed by atoms with van der Waals surface area (Å²) in [5.41, 5.74) is 2.05. The largest absolute Gasteiger partial charge is 0.393 e. The lowest BCUT2D eigenvalue weighted by Gasteiger charge is -2.34. The fourth-order valence-corrected chi connectivity index (χ4v) is 4.42. The maximum absolute atomic E-state index is 12.7. The van der Waals surface area contributed by atoms with Crippen LogP contribution in [-0.4, -0.2) is 47.1 Å². The quantitative estimate of drug-likeness (QED) is 0.815. The zero-order chi connectivity index (χ0) is 18.5. The number of thiazole rings is 1. The summed E-state index contributed by atoms with van der Waals surface area (Å²) in [6, 6.07) is 10.3. The number of carbonyl (C=O) groups is 1. The van der Waals surface area contributed by atoms with Gasteiger partial charge in [0, 0.05) is 20.1 Å². The molecule has 1 fully saturated rings. The number of aliphatic hydroxyl groups excluding tert-OH is 1. The molecule has 1 aromatic carbocycles. The van der Waals surface area contributed by atoms with E-state index in [0.29, 0.717) is 13.1 Å². The van der Waals surface area contributed by atoms with Gasteiger partial charge < -0.3 is 15.3 Å². The third-order valence-corrected chi connectivity index (χ3v) is 6.31. The van der Waals surface area contributed by atoms with Crippen molar-refractivity contribution < 1.29 is 9.90 Å². The Morgan fingerprint density at radius 2 is 2.04 bits per heavy atom. The van der Waals surface area contributed by atoms with Gasteiger partial charge in [-0.25, -0.2) is 4.98 Å². The first kappa shape index (κ1) is 18.9. The van der Waals surface area contributed by atoms with E-state index in [0.717, 1.165) is 41.4 Å². The summed E-state index contributed by atoms with van der Waals surface area (Å²) in [5.74, 6) is 0.344. The predicted molar refractivity (Wildman–Crippen MR) is 106 cm³/mol. The van der Waals surface area contributed by atoms with E-state index in [2.05, 4.69) is 22.4 Å². The van der Waals surface area contributed by atoms with Gasteiger partial charge in [0.25, 0.3) is 5.91 Å². The van der Waals surface area contributed by atoms with Crippen LogP contribution in [0.15, 0.2) is 30.3 Å². The van der Waals surface area contributed by atoms with Gasteiger partial charge >= 0.3 is 0 Å². The normalized spacial score (nSPS) is 16.5. The first-order valence-corrected chi connectivity index (χ1v) is 10.1. The molecular weight excluding hydrogens is 346 g/mol. The van der Waals surface area contributed by atoms with Crippen molar-refractivity contribution in [3.05, 3.63) is 46.5 Å². The van der Waals surface area contributed by atoms with Crippen LogP contribution in [0, 0.1) is 12.8 Å². The molecule has 0 aliphatic carbocycles. The number of aliphatic hydroxyl groups is 1. The Hall–Kier alpha value is -1.92. The number of nitrogens with zero attached hydrogens (tertiary/aromatic N) is 2. The molecule has 1 aliphatic heterocycles. The number of hydrogen-bond donors (Lipinski definition) is 2. The van der Waals surface area contributed by atoms with Gasteiger partial charge in [-0.2, -0.15) is 0 Å². The highest BCUT2D eigenvalue weighted by Gasteiger charge is 2.29. The monoisotopic (exact) mass is 373 g/mol. The lowest BCUT2D eigenvalue weighted by Crippen LogP contribution is -2.41. The minimum atomic E-state index is -0.298. The number of anilines is 1. The van der Waals surface area contributed by atoms with Gasteiger partial charge in [-0.3, -0.25) is 4.79 Å². The summed E-state index contributed by atoms with van der Waals surface area (Å²) in [6.45, 7) is 3.29. The average Bonchev–Trinajstić information content (AvgIpc) is 3.07. The van der Waals surface area contributed by atoms with Crippen molar-refractivity contribution >= 4 is 22.4 Å². The number of aromatic nitrogens is 1. The number of amides is 1. The molecule has 140 valence electrons. The summed E-state index contributed by atoms with van der Waals surface area (Å²) in [6.07, 6.45) is 3.10. The van der Waals surface area contributed by atoms with E-state index in [-0.39, 0.29) is 17.9 Å². The van der Waals surface area contributed by atoms with Crippen molar-refractivity contribution in [2.24, 2.45) is 5.92 Å². The molecule has 0 saturated carbocycles. The summed E-state index contributed by atoms with van der Waals surface area (Å²) >= 11 is 1.41. The Labute approximate surface area is 159 Å². The van der Waals surface area contributed by atoms with Crippen molar-refractivity contribution in [3.63, 3.8) is 0 Å².